The summed E-state index contributed by atoms with van der Waals surface area (Å²) in [5.41, 5.74) is 1.82. The van der Waals surface area contributed by atoms with Gasteiger partial charge in [0.15, 0.2) is 0 Å². The summed E-state index contributed by atoms with van der Waals surface area (Å²) in [6.07, 6.45) is 3.96. The van der Waals surface area contributed by atoms with E-state index >= 15 is 0 Å². The van der Waals surface area contributed by atoms with Crippen LogP contribution in [-0.2, 0) is 11.2 Å². The highest BCUT2D eigenvalue weighted by Crippen LogP contribution is 2.27. The number of halogens is 2. The van der Waals surface area contributed by atoms with Crippen molar-refractivity contribution in [1.82, 2.24) is 4.98 Å². The first kappa shape index (κ1) is 17.4. The average molecular weight is 322 g/mol. The molecule has 0 saturated heterocycles. The largest absolute Gasteiger partial charge is 0.299 e. The minimum atomic E-state index is -0.229. The van der Waals surface area contributed by atoms with Crippen LogP contribution in [0, 0.1) is 0 Å². The van der Waals surface area contributed by atoms with Crippen molar-refractivity contribution in [1.29, 1.82) is 0 Å². The smallest absolute Gasteiger partial charge is 0.137 e. The highest BCUT2D eigenvalue weighted by atomic mass is 35.5. The number of hydrogen-bond donors (Lipinski definition) is 0. The third kappa shape index (κ3) is 5.00. The van der Waals surface area contributed by atoms with E-state index in [9.17, 15) is 4.79 Å². The van der Waals surface area contributed by atoms with Crippen molar-refractivity contribution < 1.29 is 4.79 Å². The molecule has 21 heavy (non-hydrogen) atoms. The van der Waals surface area contributed by atoms with Crippen LogP contribution in [0.5, 0.6) is 0 Å². The molecule has 0 N–H and O–H groups in total. The topological polar surface area (TPSA) is 30.0 Å². The molecule has 1 aromatic heterocycles. The molecule has 2 aromatic rings. The number of ketones is 1. The minimum absolute atomic E-state index is 0.0963. The van der Waals surface area contributed by atoms with Crippen molar-refractivity contribution >= 4 is 29.0 Å². The first-order chi connectivity index (χ1) is 10.1. The third-order valence-electron chi connectivity index (χ3n) is 3.02. The standard InChI is InChI=1S/C15H13Cl2NO.C2H4/c1-10(19)14(12-3-2-6-18-9-12)7-11-4-5-13(16)8-15(11)17;1-2/h2-6,8-9,14H,7H2,1H3;1-2H2. The second-order valence-corrected chi connectivity index (χ2v) is 5.23. The van der Waals surface area contributed by atoms with Crippen molar-refractivity contribution in [2.45, 2.75) is 19.3 Å². The summed E-state index contributed by atoms with van der Waals surface area (Å²) in [5, 5.41) is 1.18. The quantitative estimate of drug-likeness (QED) is 0.733. The number of pyridine rings is 1. The van der Waals surface area contributed by atoms with Gasteiger partial charge >= 0.3 is 0 Å². The maximum Gasteiger partial charge on any atom is 0.137 e. The van der Waals surface area contributed by atoms with Gasteiger partial charge in [0.25, 0.3) is 0 Å². The molecule has 1 aromatic carbocycles. The van der Waals surface area contributed by atoms with E-state index in [-0.39, 0.29) is 11.7 Å². The molecule has 0 radical (unpaired) electrons. The number of aromatic nitrogens is 1. The Morgan fingerprint density at radius 2 is 2.00 bits per heavy atom. The maximum absolute atomic E-state index is 11.8. The molecule has 1 atom stereocenters. The van der Waals surface area contributed by atoms with Gasteiger partial charge in [-0.15, -0.1) is 13.2 Å². The molecule has 1 heterocycles. The normalized spacial score (nSPS) is 11.2. The molecule has 0 aliphatic rings. The molecule has 2 rings (SSSR count). The number of benzene rings is 1. The van der Waals surface area contributed by atoms with Crippen LogP contribution in [0.3, 0.4) is 0 Å². The van der Waals surface area contributed by atoms with Gasteiger partial charge in [-0.25, -0.2) is 0 Å². The van der Waals surface area contributed by atoms with Crippen LogP contribution in [0.2, 0.25) is 10.0 Å². The number of rotatable bonds is 4. The van der Waals surface area contributed by atoms with E-state index in [2.05, 4.69) is 18.1 Å². The number of Topliss-reactive ketones (excluding diaryl/α,β-unsaturated/α-hetero) is 1. The van der Waals surface area contributed by atoms with Gasteiger partial charge < -0.3 is 0 Å². The van der Waals surface area contributed by atoms with Crippen molar-refractivity contribution in [3.05, 3.63) is 77.1 Å². The van der Waals surface area contributed by atoms with E-state index in [0.29, 0.717) is 16.5 Å². The van der Waals surface area contributed by atoms with Crippen molar-refractivity contribution in [3.63, 3.8) is 0 Å². The molecule has 1 unspecified atom stereocenters. The van der Waals surface area contributed by atoms with Crippen LogP contribution in [0.15, 0.2) is 55.9 Å². The fourth-order valence-corrected chi connectivity index (χ4v) is 2.47. The molecule has 0 spiro atoms. The molecule has 0 saturated carbocycles. The lowest BCUT2D eigenvalue weighted by Gasteiger charge is -2.15. The van der Waals surface area contributed by atoms with Crippen molar-refractivity contribution in [3.8, 4) is 0 Å². The monoisotopic (exact) mass is 321 g/mol. The van der Waals surface area contributed by atoms with Gasteiger partial charge in [-0.2, -0.15) is 0 Å². The van der Waals surface area contributed by atoms with Gasteiger partial charge in [-0.1, -0.05) is 35.3 Å². The Balaban J connectivity index is 0.00000106. The molecule has 110 valence electrons. The maximum atomic E-state index is 11.8. The summed E-state index contributed by atoms with van der Waals surface area (Å²) in [4.78, 5) is 15.9. The number of carbonyl (C=O) groups is 1. The zero-order valence-corrected chi connectivity index (χ0v) is 13.4. The first-order valence-corrected chi connectivity index (χ1v) is 7.18. The molecule has 0 amide bonds. The number of nitrogens with zero attached hydrogens (tertiary/aromatic N) is 1. The lowest BCUT2D eigenvalue weighted by molar-refractivity contribution is -0.118. The Bertz CT molecular complexity index is 599. The lowest BCUT2D eigenvalue weighted by Crippen LogP contribution is -2.12. The van der Waals surface area contributed by atoms with Crippen LogP contribution in [0.1, 0.15) is 24.0 Å². The average Bonchev–Trinajstić information content (AvgIpc) is 2.49. The van der Waals surface area contributed by atoms with E-state index < -0.39 is 0 Å². The van der Waals surface area contributed by atoms with Gasteiger partial charge in [-0.05, 0) is 42.7 Å². The molecule has 0 bridgehead atoms. The van der Waals surface area contributed by atoms with Gasteiger partial charge in [0.2, 0.25) is 0 Å². The molecular formula is C17H17Cl2NO. The summed E-state index contributed by atoms with van der Waals surface area (Å²) in [5.74, 6) is -0.133. The Morgan fingerprint density at radius 1 is 1.29 bits per heavy atom. The van der Waals surface area contributed by atoms with Crippen LogP contribution < -0.4 is 0 Å². The second-order valence-electron chi connectivity index (χ2n) is 4.39. The van der Waals surface area contributed by atoms with E-state index in [0.717, 1.165) is 11.1 Å². The Labute approximate surface area is 135 Å². The predicted molar refractivity (Wildman–Crippen MR) is 89.1 cm³/mol. The fraction of sp³-hybridized carbons (Fsp3) is 0.176. The van der Waals surface area contributed by atoms with Gasteiger partial charge in [0, 0.05) is 28.4 Å². The van der Waals surface area contributed by atoms with Crippen LogP contribution in [0.25, 0.3) is 0 Å². The molecule has 0 aliphatic heterocycles. The van der Waals surface area contributed by atoms with E-state index in [4.69, 9.17) is 23.2 Å². The molecule has 4 heteroatoms. The summed E-state index contributed by atoms with van der Waals surface area (Å²) >= 11 is 12.0. The Hall–Kier alpha value is -1.64. The second kappa shape index (κ2) is 8.60. The van der Waals surface area contributed by atoms with E-state index in [1.54, 1.807) is 31.5 Å². The van der Waals surface area contributed by atoms with Gasteiger partial charge in [-0.3, -0.25) is 9.78 Å². The summed E-state index contributed by atoms with van der Waals surface area (Å²) in [6, 6.07) is 9.07. The SMILES string of the molecule is C=C.CC(=O)C(Cc1ccc(Cl)cc1Cl)c1cccnc1. The highest BCUT2D eigenvalue weighted by molar-refractivity contribution is 6.35. The summed E-state index contributed by atoms with van der Waals surface area (Å²) < 4.78 is 0. The molecular weight excluding hydrogens is 305 g/mol. The van der Waals surface area contributed by atoms with Gasteiger partial charge in [0.05, 0.1) is 0 Å². The third-order valence-corrected chi connectivity index (χ3v) is 3.60. The predicted octanol–water partition coefficient (Wildman–Crippen LogP) is 5.11. The van der Waals surface area contributed by atoms with Crippen LogP contribution >= 0.6 is 23.2 Å². The number of hydrogen-bond acceptors (Lipinski definition) is 2. The first-order valence-electron chi connectivity index (χ1n) is 6.42. The molecule has 0 aliphatic carbocycles. The molecule has 2 nitrogen and oxygen atoms in total. The number of carbonyl (C=O) groups excluding carboxylic acids is 1. The fourth-order valence-electron chi connectivity index (χ4n) is 1.99. The van der Waals surface area contributed by atoms with E-state index in [1.807, 2.05) is 18.2 Å². The molecule has 0 fully saturated rings. The summed E-state index contributed by atoms with van der Waals surface area (Å²) in [6.45, 7) is 7.58. The van der Waals surface area contributed by atoms with E-state index in [1.165, 1.54) is 0 Å². The Morgan fingerprint density at radius 3 is 2.52 bits per heavy atom. The van der Waals surface area contributed by atoms with Crippen LogP contribution in [0.4, 0.5) is 0 Å². The van der Waals surface area contributed by atoms with Crippen molar-refractivity contribution in [2.75, 3.05) is 0 Å². The zero-order chi connectivity index (χ0) is 15.8. The minimum Gasteiger partial charge on any atom is -0.299 e. The Kier molecular flexibility index (Phi) is 7.13. The highest BCUT2D eigenvalue weighted by Gasteiger charge is 2.18. The lowest BCUT2D eigenvalue weighted by atomic mass is 9.90. The van der Waals surface area contributed by atoms with Crippen LogP contribution in [-0.4, -0.2) is 10.8 Å². The zero-order valence-electron chi connectivity index (χ0n) is 11.9. The summed E-state index contributed by atoms with van der Waals surface area (Å²) in [7, 11) is 0. The van der Waals surface area contributed by atoms with Crippen molar-refractivity contribution in [2.24, 2.45) is 0 Å². The van der Waals surface area contributed by atoms with Gasteiger partial charge in [0.1, 0.15) is 5.78 Å².